The van der Waals surface area contributed by atoms with Gasteiger partial charge in [-0.25, -0.2) is 4.39 Å². The lowest BCUT2D eigenvalue weighted by Crippen LogP contribution is -2.33. The zero-order valence-electron chi connectivity index (χ0n) is 13.9. The standard InChI is InChI=1S/C19H22FNO3/c1-22-16-7-13(8-17(9-16)23-2)10-21-19-12-24-11-18(19)14-3-5-15(20)6-4-14/h3-9,18-19,21H,10-12H2,1-2H3/t18-,19+/m0/s1. The van der Waals surface area contributed by atoms with Crippen LogP contribution in [-0.2, 0) is 11.3 Å². The molecule has 1 N–H and O–H groups in total. The number of rotatable bonds is 6. The molecule has 1 fully saturated rings. The summed E-state index contributed by atoms with van der Waals surface area (Å²) in [6, 6.07) is 12.7. The van der Waals surface area contributed by atoms with Crippen LogP contribution in [0.3, 0.4) is 0 Å². The summed E-state index contributed by atoms with van der Waals surface area (Å²) in [6.45, 7) is 1.97. The van der Waals surface area contributed by atoms with Crippen LogP contribution < -0.4 is 14.8 Å². The molecule has 2 aromatic rings. The summed E-state index contributed by atoms with van der Waals surface area (Å²) in [5.74, 6) is 1.54. The van der Waals surface area contributed by atoms with Gasteiger partial charge >= 0.3 is 0 Å². The Balaban J connectivity index is 1.68. The van der Waals surface area contributed by atoms with Gasteiger partial charge in [-0.15, -0.1) is 0 Å². The van der Waals surface area contributed by atoms with Gasteiger partial charge in [0.2, 0.25) is 0 Å². The highest BCUT2D eigenvalue weighted by molar-refractivity contribution is 5.38. The van der Waals surface area contributed by atoms with Crippen LogP contribution in [0.1, 0.15) is 17.0 Å². The van der Waals surface area contributed by atoms with Gasteiger partial charge in [-0.2, -0.15) is 0 Å². The van der Waals surface area contributed by atoms with Crippen LogP contribution in [0.5, 0.6) is 11.5 Å². The van der Waals surface area contributed by atoms with E-state index in [1.54, 1.807) is 14.2 Å². The number of hydrogen-bond donors (Lipinski definition) is 1. The molecule has 4 nitrogen and oxygen atoms in total. The zero-order chi connectivity index (χ0) is 16.9. The fourth-order valence-corrected chi connectivity index (χ4v) is 3.01. The summed E-state index contributed by atoms with van der Waals surface area (Å²) in [4.78, 5) is 0. The lowest BCUT2D eigenvalue weighted by atomic mass is 9.94. The maximum absolute atomic E-state index is 13.1. The minimum Gasteiger partial charge on any atom is -0.497 e. The summed E-state index contributed by atoms with van der Waals surface area (Å²) in [7, 11) is 3.28. The van der Waals surface area contributed by atoms with Crippen LogP contribution in [0, 0.1) is 5.82 Å². The number of ether oxygens (including phenoxy) is 3. The van der Waals surface area contributed by atoms with Crippen LogP contribution in [0.4, 0.5) is 4.39 Å². The fourth-order valence-electron chi connectivity index (χ4n) is 3.01. The van der Waals surface area contributed by atoms with E-state index in [-0.39, 0.29) is 17.8 Å². The minimum absolute atomic E-state index is 0.188. The molecular formula is C19H22FNO3. The Morgan fingerprint density at radius 3 is 2.33 bits per heavy atom. The van der Waals surface area contributed by atoms with Gasteiger partial charge in [-0.1, -0.05) is 12.1 Å². The average Bonchev–Trinajstić information content (AvgIpc) is 3.08. The molecule has 24 heavy (non-hydrogen) atoms. The molecule has 0 amide bonds. The normalized spacial score (nSPS) is 20.1. The van der Waals surface area contributed by atoms with Crippen molar-refractivity contribution in [2.24, 2.45) is 0 Å². The predicted octanol–water partition coefficient (Wildman–Crippen LogP) is 3.12. The summed E-state index contributed by atoms with van der Waals surface area (Å²) in [6.07, 6.45) is 0. The third kappa shape index (κ3) is 3.86. The summed E-state index contributed by atoms with van der Waals surface area (Å²) >= 11 is 0. The van der Waals surface area contributed by atoms with E-state index in [9.17, 15) is 4.39 Å². The van der Waals surface area contributed by atoms with Gasteiger partial charge in [0, 0.05) is 24.6 Å². The van der Waals surface area contributed by atoms with Crippen LogP contribution >= 0.6 is 0 Å². The van der Waals surface area contributed by atoms with Crippen LogP contribution in [0.25, 0.3) is 0 Å². The van der Waals surface area contributed by atoms with Crippen molar-refractivity contribution in [3.05, 3.63) is 59.4 Å². The van der Waals surface area contributed by atoms with Gasteiger partial charge in [0.1, 0.15) is 17.3 Å². The van der Waals surface area contributed by atoms with E-state index >= 15 is 0 Å². The van der Waals surface area contributed by atoms with Crippen molar-refractivity contribution in [1.82, 2.24) is 5.32 Å². The van der Waals surface area contributed by atoms with Crippen molar-refractivity contribution in [3.8, 4) is 11.5 Å². The predicted molar refractivity (Wildman–Crippen MR) is 90.1 cm³/mol. The van der Waals surface area contributed by atoms with Crippen LogP contribution in [-0.4, -0.2) is 33.5 Å². The highest BCUT2D eigenvalue weighted by Gasteiger charge is 2.29. The lowest BCUT2D eigenvalue weighted by Gasteiger charge is -2.20. The van der Waals surface area contributed by atoms with Gasteiger partial charge in [0.15, 0.2) is 0 Å². The second-order valence-electron chi connectivity index (χ2n) is 5.90. The van der Waals surface area contributed by atoms with Crippen molar-refractivity contribution < 1.29 is 18.6 Å². The van der Waals surface area contributed by atoms with Crippen molar-refractivity contribution in [2.45, 2.75) is 18.5 Å². The van der Waals surface area contributed by atoms with Gasteiger partial charge in [0.25, 0.3) is 0 Å². The third-order valence-corrected chi connectivity index (χ3v) is 4.36. The Labute approximate surface area is 141 Å². The second-order valence-corrected chi connectivity index (χ2v) is 5.90. The molecule has 1 saturated heterocycles. The number of halogens is 1. The monoisotopic (exact) mass is 331 g/mol. The van der Waals surface area contributed by atoms with Crippen molar-refractivity contribution in [2.75, 3.05) is 27.4 Å². The minimum atomic E-state index is -0.217. The summed E-state index contributed by atoms with van der Waals surface area (Å²) in [5, 5.41) is 3.53. The van der Waals surface area contributed by atoms with E-state index < -0.39 is 0 Å². The number of nitrogens with one attached hydrogen (secondary N) is 1. The van der Waals surface area contributed by atoms with E-state index in [1.165, 1.54) is 12.1 Å². The first-order chi connectivity index (χ1) is 11.7. The molecule has 0 aromatic heterocycles. The third-order valence-electron chi connectivity index (χ3n) is 4.36. The number of benzene rings is 2. The van der Waals surface area contributed by atoms with Gasteiger partial charge in [-0.05, 0) is 35.4 Å². The van der Waals surface area contributed by atoms with Crippen LogP contribution in [0.15, 0.2) is 42.5 Å². The Hall–Kier alpha value is -2.11. The topological polar surface area (TPSA) is 39.7 Å². The first-order valence-electron chi connectivity index (χ1n) is 7.98. The van der Waals surface area contributed by atoms with Crippen molar-refractivity contribution in [3.63, 3.8) is 0 Å². The molecule has 3 rings (SSSR count). The van der Waals surface area contributed by atoms with E-state index in [0.717, 1.165) is 22.6 Å². The van der Waals surface area contributed by atoms with Crippen molar-refractivity contribution >= 4 is 0 Å². The first kappa shape index (κ1) is 16.7. The number of methoxy groups -OCH3 is 2. The molecule has 2 atom stereocenters. The van der Waals surface area contributed by atoms with E-state index in [4.69, 9.17) is 14.2 Å². The summed E-state index contributed by atoms with van der Waals surface area (Å²) in [5.41, 5.74) is 2.17. The molecule has 0 spiro atoms. The molecule has 0 aliphatic carbocycles. The molecule has 1 aliphatic rings. The molecule has 1 aliphatic heterocycles. The lowest BCUT2D eigenvalue weighted by molar-refractivity contribution is 0.187. The van der Waals surface area contributed by atoms with E-state index in [2.05, 4.69) is 5.32 Å². The van der Waals surface area contributed by atoms with Gasteiger partial charge in [-0.3, -0.25) is 0 Å². The second kappa shape index (κ2) is 7.64. The van der Waals surface area contributed by atoms with Crippen LogP contribution in [0.2, 0.25) is 0 Å². The Morgan fingerprint density at radius 1 is 1.04 bits per heavy atom. The molecule has 0 bridgehead atoms. The molecule has 0 saturated carbocycles. The molecule has 0 radical (unpaired) electrons. The largest absolute Gasteiger partial charge is 0.497 e. The average molecular weight is 331 g/mol. The fraction of sp³-hybridized carbons (Fsp3) is 0.368. The van der Waals surface area contributed by atoms with E-state index in [0.29, 0.717) is 19.8 Å². The highest BCUT2D eigenvalue weighted by atomic mass is 19.1. The number of hydrogen-bond acceptors (Lipinski definition) is 4. The molecule has 5 heteroatoms. The zero-order valence-corrected chi connectivity index (χ0v) is 13.9. The Kier molecular flexibility index (Phi) is 5.33. The molecule has 1 heterocycles. The molecule has 128 valence electrons. The molecular weight excluding hydrogens is 309 g/mol. The SMILES string of the molecule is COc1cc(CN[C@@H]2COC[C@H]2c2ccc(F)cc2)cc(OC)c1. The van der Waals surface area contributed by atoms with Gasteiger partial charge in [0.05, 0.1) is 27.4 Å². The Bertz CT molecular complexity index is 653. The maximum atomic E-state index is 13.1. The quantitative estimate of drug-likeness (QED) is 0.883. The summed E-state index contributed by atoms with van der Waals surface area (Å²) < 4.78 is 29.3. The first-order valence-corrected chi connectivity index (χ1v) is 7.98. The van der Waals surface area contributed by atoms with Crippen molar-refractivity contribution in [1.29, 1.82) is 0 Å². The van der Waals surface area contributed by atoms with Gasteiger partial charge < -0.3 is 19.5 Å². The van der Waals surface area contributed by atoms with E-state index in [1.807, 2.05) is 30.3 Å². The Morgan fingerprint density at radius 2 is 1.71 bits per heavy atom. The highest BCUT2D eigenvalue weighted by Crippen LogP contribution is 2.27. The smallest absolute Gasteiger partial charge is 0.123 e. The molecule has 0 unspecified atom stereocenters. The maximum Gasteiger partial charge on any atom is 0.123 e. The molecule has 2 aromatic carbocycles.